The fraction of sp³-hybridized carbons (Fsp3) is 0.316. The molecule has 2 aromatic carbocycles. The molecule has 0 aliphatic carbocycles. The summed E-state index contributed by atoms with van der Waals surface area (Å²) >= 11 is 0. The Morgan fingerprint density at radius 1 is 1.22 bits per heavy atom. The molecule has 146 valence electrons. The van der Waals surface area contributed by atoms with Gasteiger partial charge in [-0.15, -0.1) is 0 Å². The van der Waals surface area contributed by atoms with Crippen LogP contribution in [0.3, 0.4) is 0 Å². The maximum absolute atomic E-state index is 13.8. The molecule has 2 rings (SSSR count). The van der Waals surface area contributed by atoms with E-state index in [2.05, 4.69) is 4.72 Å². The summed E-state index contributed by atoms with van der Waals surface area (Å²) < 4.78 is 46.4. The lowest BCUT2D eigenvalue weighted by Gasteiger charge is -2.19. The Kier molecular flexibility index (Phi) is 6.92. The number of benzene rings is 2. The predicted octanol–water partition coefficient (Wildman–Crippen LogP) is 2.79. The Morgan fingerprint density at radius 3 is 2.56 bits per heavy atom. The van der Waals surface area contributed by atoms with Crippen molar-refractivity contribution < 1.29 is 22.3 Å². The molecule has 2 aromatic rings. The van der Waals surface area contributed by atoms with Crippen LogP contribution in [0.4, 0.5) is 4.39 Å². The highest BCUT2D eigenvalue weighted by atomic mass is 32.2. The number of ether oxygens (including phenoxy) is 1. The van der Waals surface area contributed by atoms with Crippen molar-refractivity contribution in [3.05, 3.63) is 59.4 Å². The summed E-state index contributed by atoms with van der Waals surface area (Å²) in [7, 11) is -0.927. The molecule has 0 bridgehead atoms. The number of carbonyl (C=O) groups excluding carboxylic acids is 1. The minimum absolute atomic E-state index is 0.0632. The molecule has 0 aliphatic heterocycles. The van der Waals surface area contributed by atoms with Gasteiger partial charge in [-0.05, 0) is 30.7 Å². The monoisotopic (exact) mass is 394 g/mol. The molecule has 0 aliphatic rings. The molecule has 1 N–H and O–H groups in total. The second kappa shape index (κ2) is 8.96. The maximum Gasteiger partial charge on any atom is 0.253 e. The second-order valence-electron chi connectivity index (χ2n) is 6.02. The third kappa shape index (κ3) is 5.05. The van der Waals surface area contributed by atoms with Crippen LogP contribution in [0.1, 0.15) is 29.3 Å². The van der Waals surface area contributed by atoms with Gasteiger partial charge in [-0.25, -0.2) is 17.5 Å². The Labute approximate surface area is 159 Å². The summed E-state index contributed by atoms with van der Waals surface area (Å²) in [5.74, 6) is -0.682. The third-order valence-corrected chi connectivity index (χ3v) is 5.44. The van der Waals surface area contributed by atoms with E-state index in [4.69, 9.17) is 4.74 Å². The molecule has 27 heavy (non-hydrogen) atoms. The van der Waals surface area contributed by atoms with Gasteiger partial charge in [0.05, 0.1) is 7.11 Å². The van der Waals surface area contributed by atoms with Crippen molar-refractivity contribution in [3.63, 3.8) is 0 Å². The van der Waals surface area contributed by atoms with Crippen molar-refractivity contribution >= 4 is 15.9 Å². The van der Waals surface area contributed by atoms with E-state index in [1.807, 2.05) is 6.92 Å². The fourth-order valence-corrected chi connectivity index (χ4v) is 3.83. The maximum atomic E-state index is 13.8. The highest BCUT2D eigenvalue weighted by molar-refractivity contribution is 7.89. The number of methoxy groups -OCH3 is 1. The lowest BCUT2D eigenvalue weighted by molar-refractivity contribution is 0.0783. The van der Waals surface area contributed by atoms with Crippen LogP contribution in [0.5, 0.6) is 5.75 Å². The largest absolute Gasteiger partial charge is 0.495 e. The van der Waals surface area contributed by atoms with E-state index in [-0.39, 0.29) is 29.3 Å². The van der Waals surface area contributed by atoms with E-state index in [1.165, 1.54) is 43.3 Å². The third-order valence-electron chi connectivity index (χ3n) is 3.95. The number of halogens is 1. The first kappa shape index (κ1) is 20.9. The molecule has 6 nitrogen and oxygen atoms in total. The van der Waals surface area contributed by atoms with Gasteiger partial charge in [-0.2, -0.15) is 0 Å². The lowest BCUT2D eigenvalue weighted by atomic mass is 10.1. The van der Waals surface area contributed by atoms with Gasteiger partial charge in [0.2, 0.25) is 10.0 Å². The predicted molar refractivity (Wildman–Crippen MR) is 101 cm³/mol. The number of nitrogens with one attached hydrogen (secondary N) is 1. The van der Waals surface area contributed by atoms with Crippen LogP contribution in [-0.2, 0) is 16.6 Å². The van der Waals surface area contributed by atoms with Crippen molar-refractivity contribution in [3.8, 4) is 5.75 Å². The smallest absolute Gasteiger partial charge is 0.253 e. The summed E-state index contributed by atoms with van der Waals surface area (Å²) in [5.41, 5.74) is 0.547. The Bertz CT molecular complexity index is 916. The van der Waals surface area contributed by atoms with E-state index < -0.39 is 21.7 Å². The summed E-state index contributed by atoms with van der Waals surface area (Å²) in [5, 5.41) is 0. The molecule has 0 heterocycles. The van der Waals surface area contributed by atoms with Crippen molar-refractivity contribution in [2.45, 2.75) is 24.8 Å². The minimum Gasteiger partial charge on any atom is -0.495 e. The van der Waals surface area contributed by atoms with Gasteiger partial charge >= 0.3 is 0 Å². The number of hydrogen-bond donors (Lipinski definition) is 1. The SMILES string of the molecule is CCCNS(=O)(=O)c1cc(C(=O)N(C)Cc2ccccc2F)ccc1OC. The zero-order valence-corrected chi connectivity index (χ0v) is 16.3. The van der Waals surface area contributed by atoms with Gasteiger partial charge in [0.25, 0.3) is 5.91 Å². The standard InChI is InChI=1S/C19H23FN2O4S/c1-4-11-21-27(24,25)18-12-14(9-10-17(18)26-3)19(23)22(2)13-15-7-5-6-8-16(15)20/h5-10,12,21H,4,11,13H2,1-3H3. The zero-order valence-electron chi connectivity index (χ0n) is 15.5. The van der Waals surface area contributed by atoms with Crippen molar-refractivity contribution in [2.24, 2.45) is 0 Å². The van der Waals surface area contributed by atoms with E-state index in [0.717, 1.165) is 0 Å². The molecule has 0 saturated heterocycles. The van der Waals surface area contributed by atoms with E-state index in [0.29, 0.717) is 12.0 Å². The summed E-state index contributed by atoms with van der Waals surface area (Å²) in [6.45, 7) is 2.18. The Morgan fingerprint density at radius 2 is 1.93 bits per heavy atom. The average molecular weight is 394 g/mol. The molecule has 0 unspecified atom stereocenters. The summed E-state index contributed by atoms with van der Waals surface area (Å²) in [6.07, 6.45) is 0.631. The molecule has 0 saturated carbocycles. The lowest BCUT2D eigenvalue weighted by Crippen LogP contribution is -2.28. The van der Waals surface area contributed by atoms with Crippen LogP contribution < -0.4 is 9.46 Å². The number of sulfonamides is 1. The normalized spacial score (nSPS) is 11.3. The quantitative estimate of drug-likeness (QED) is 0.747. The van der Waals surface area contributed by atoms with Gasteiger partial charge in [-0.1, -0.05) is 25.1 Å². The van der Waals surface area contributed by atoms with Gasteiger partial charge < -0.3 is 9.64 Å². The Hall–Kier alpha value is -2.45. The summed E-state index contributed by atoms with van der Waals surface area (Å²) in [4.78, 5) is 13.9. The van der Waals surface area contributed by atoms with Crippen LogP contribution in [0.15, 0.2) is 47.4 Å². The van der Waals surface area contributed by atoms with Gasteiger partial charge in [0.15, 0.2) is 0 Å². The van der Waals surface area contributed by atoms with E-state index in [1.54, 1.807) is 18.2 Å². The molecule has 0 radical (unpaired) electrons. The number of amides is 1. The van der Waals surface area contributed by atoms with Gasteiger partial charge in [-0.3, -0.25) is 4.79 Å². The summed E-state index contributed by atoms with van der Waals surface area (Å²) in [6, 6.07) is 10.4. The first-order valence-corrected chi connectivity index (χ1v) is 9.95. The number of rotatable bonds is 8. The molecular formula is C19H23FN2O4S. The van der Waals surface area contributed by atoms with Crippen LogP contribution in [0, 0.1) is 5.82 Å². The average Bonchev–Trinajstić information content (AvgIpc) is 2.67. The fourth-order valence-electron chi connectivity index (χ4n) is 2.51. The van der Waals surface area contributed by atoms with Crippen LogP contribution in [-0.4, -0.2) is 39.9 Å². The van der Waals surface area contributed by atoms with Crippen LogP contribution in [0.25, 0.3) is 0 Å². The van der Waals surface area contributed by atoms with Crippen LogP contribution in [0.2, 0.25) is 0 Å². The molecule has 0 fully saturated rings. The van der Waals surface area contributed by atoms with Crippen molar-refractivity contribution in [2.75, 3.05) is 20.7 Å². The molecule has 8 heteroatoms. The van der Waals surface area contributed by atoms with Gasteiger partial charge in [0, 0.05) is 31.3 Å². The first-order chi connectivity index (χ1) is 12.8. The highest BCUT2D eigenvalue weighted by Gasteiger charge is 2.22. The van der Waals surface area contributed by atoms with E-state index in [9.17, 15) is 17.6 Å². The molecule has 0 aromatic heterocycles. The van der Waals surface area contributed by atoms with Crippen molar-refractivity contribution in [1.82, 2.24) is 9.62 Å². The first-order valence-electron chi connectivity index (χ1n) is 8.46. The van der Waals surface area contributed by atoms with E-state index >= 15 is 0 Å². The number of hydrogen-bond acceptors (Lipinski definition) is 4. The number of carbonyl (C=O) groups is 1. The molecular weight excluding hydrogens is 371 g/mol. The highest BCUT2D eigenvalue weighted by Crippen LogP contribution is 2.25. The molecule has 0 spiro atoms. The molecule has 0 atom stereocenters. The minimum atomic E-state index is -3.82. The second-order valence-corrected chi connectivity index (χ2v) is 7.75. The Balaban J connectivity index is 2.31. The zero-order chi connectivity index (χ0) is 20.0. The molecule has 1 amide bonds. The topological polar surface area (TPSA) is 75.7 Å². The number of nitrogens with zero attached hydrogens (tertiary/aromatic N) is 1. The van der Waals surface area contributed by atoms with Crippen molar-refractivity contribution in [1.29, 1.82) is 0 Å². The van der Waals surface area contributed by atoms with Crippen LogP contribution >= 0.6 is 0 Å². The van der Waals surface area contributed by atoms with Gasteiger partial charge in [0.1, 0.15) is 16.5 Å².